The van der Waals surface area contributed by atoms with Gasteiger partial charge in [-0.25, -0.2) is 9.59 Å². The molecule has 1 fully saturated rings. The molecule has 5 rings (SSSR count). The molecule has 1 saturated heterocycles. The number of carbonyl (C=O) groups excluding carboxylic acids is 3. The monoisotopic (exact) mass is 545 g/mol. The second-order valence-electron chi connectivity index (χ2n) is 10.5. The smallest absolute Gasteiger partial charge is 0.352 e. The summed E-state index contributed by atoms with van der Waals surface area (Å²) in [6.07, 6.45) is -1.78. The molecule has 0 unspecified atom stereocenters. The molecule has 2 N–H and O–H groups in total. The fourth-order valence-corrected chi connectivity index (χ4v) is 6.62. The molecule has 2 aliphatic carbocycles. The van der Waals surface area contributed by atoms with E-state index in [1.165, 1.54) is 14.0 Å². The van der Waals surface area contributed by atoms with Crippen molar-refractivity contribution in [2.75, 3.05) is 20.7 Å². The lowest BCUT2D eigenvalue weighted by Gasteiger charge is -2.61. The Balaban J connectivity index is 1.41. The number of aliphatic carboxylic acids is 1. The van der Waals surface area contributed by atoms with E-state index in [0.717, 1.165) is 18.1 Å². The van der Waals surface area contributed by atoms with E-state index in [2.05, 4.69) is 4.90 Å². The zero-order valence-electron chi connectivity index (χ0n) is 22.1. The van der Waals surface area contributed by atoms with Crippen molar-refractivity contribution < 1.29 is 53.1 Å². The van der Waals surface area contributed by atoms with Gasteiger partial charge in [-0.3, -0.25) is 9.59 Å². The van der Waals surface area contributed by atoms with Gasteiger partial charge in [-0.05, 0) is 51.1 Å². The van der Waals surface area contributed by atoms with Crippen molar-refractivity contribution in [3.05, 3.63) is 35.1 Å². The number of carbonyl (C=O) groups is 4. The Labute approximate surface area is 224 Å². The third-order valence-electron chi connectivity index (χ3n) is 8.33. The molecule has 4 aliphatic rings. The number of benzene rings is 1. The SMILES string of the molecule is COc1ccc2c3c1O[C@@H]1C(OC(=O)[C@H](C)OC(=O)[C@H](CC(=O)O)OC(C)=O)=CC[C@]4(O)[C@H](C2)N(C)CC[C@@]314. The van der Waals surface area contributed by atoms with Crippen LogP contribution in [-0.4, -0.2) is 89.6 Å². The average molecular weight is 546 g/mol. The third-order valence-corrected chi connectivity index (χ3v) is 8.33. The van der Waals surface area contributed by atoms with Gasteiger partial charge in [0.1, 0.15) is 5.76 Å². The molecule has 12 heteroatoms. The second kappa shape index (κ2) is 9.53. The summed E-state index contributed by atoms with van der Waals surface area (Å²) in [5, 5.41) is 21.2. The maximum atomic E-state index is 13.0. The van der Waals surface area contributed by atoms with E-state index in [1.54, 1.807) is 6.08 Å². The molecular formula is C27H31NO11. The number of hydrogen-bond acceptors (Lipinski definition) is 11. The van der Waals surface area contributed by atoms with Crippen molar-refractivity contribution in [2.45, 2.75) is 74.9 Å². The van der Waals surface area contributed by atoms with Crippen molar-refractivity contribution in [1.82, 2.24) is 4.90 Å². The highest BCUT2D eigenvalue weighted by Gasteiger charge is 2.72. The van der Waals surface area contributed by atoms with Crippen molar-refractivity contribution >= 4 is 23.9 Å². The zero-order valence-corrected chi connectivity index (χ0v) is 22.1. The van der Waals surface area contributed by atoms with Gasteiger partial charge in [-0.1, -0.05) is 6.07 Å². The van der Waals surface area contributed by atoms with Crippen LogP contribution in [0.15, 0.2) is 24.0 Å². The first-order valence-electron chi connectivity index (χ1n) is 12.7. The number of carboxylic acid groups (broad SMARTS) is 1. The van der Waals surface area contributed by atoms with E-state index in [-0.39, 0.29) is 18.2 Å². The highest BCUT2D eigenvalue weighted by atomic mass is 16.6. The molecule has 1 spiro atoms. The Bertz CT molecular complexity index is 1260. The Hall–Kier alpha value is -3.64. The van der Waals surface area contributed by atoms with Crippen molar-refractivity contribution in [3.8, 4) is 11.5 Å². The van der Waals surface area contributed by atoms with Crippen molar-refractivity contribution in [2.24, 2.45) is 0 Å². The first-order valence-corrected chi connectivity index (χ1v) is 12.7. The number of likely N-dealkylation sites (tertiary alicyclic amines) is 1. The van der Waals surface area contributed by atoms with Crippen LogP contribution in [0.5, 0.6) is 11.5 Å². The molecule has 12 nitrogen and oxygen atoms in total. The Kier molecular flexibility index (Phi) is 6.58. The first-order chi connectivity index (χ1) is 18.4. The van der Waals surface area contributed by atoms with E-state index in [4.69, 9.17) is 28.8 Å². The first kappa shape index (κ1) is 26.9. The quantitative estimate of drug-likeness (QED) is 0.351. The molecule has 2 aliphatic heterocycles. The number of piperidine rings is 1. The van der Waals surface area contributed by atoms with Gasteiger partial charge in [0.15, 0.2) is 23.7 Å². The average Bonchev–Trinajstić information content (AvgIpc) is 3.22. The normalized spacial score (nSPS) is 29.6. The van der Waals surface area contributed by atoms with Crippen molar-refractivity contribution in [3.63, 3.8) is 0 Å². The Morgan fingerprint density at radius 2 is 1.95 bits per heavy atom. The number of ether oxygens (including phenoxy) is 5. The summed E-state index contributed by atoms with van der Waals surface area (Å²) in [4.78, 5) is 50.0. The second-order valence-corrected chi connectivity index (χ2v) is 10.5. The van der Waals surface area contributed by atoms with Crippen LogP contribution in [0.2, 0.25) is 0 Å². The predicted molar refractivity (Wildman–Crippen MR) is 131 cm³/mol. The van der Waals surface area contributed by atoms with Crippen LogP contribution >= 0.6 is 0 Å². The summed E-state index contributed by atoms with van der Waals surface area (Å²) in [6, 6.07) is 3.64. The lowest BCUT2D eigenvalue weighted by atomic mass is 9.50. The number of carboxylic acids is 1. The van der Waals surface area contributed by atoms with Crippen LogP contribution in [-0.2, 0) is 45.2 Å². The fourth-order valence-electron chi connectivity index (χ4n) is 6.62. The van der Waals surface area contributed by atoms with Crippen LogP contribution in [0.1, 0.15) is 44.2 Å². The van der Waals surface area contributed by atoms with Crippen LogP contribution < -0.4 is 9.47 Å². The summed E-state index contributed by atoms with van der Waals surface area (Å²) in [6.45, 7) is 2.98. The lowest BCUT2D eigenvalue weighted by Crippen LogP contribution is -2.74. The molecule has 0 aromatic heterocycles. The Morgan fingerprint density at radius 1 is 1.21 bits per heavy atom. The number of hydrogen-bond donors (Lipinski definition) is 2. The zero-order chi connectivity index (χ0) is 28.3. The van der Waals surface area contributed by atoms with Gasteiger partial charge in [0.25, 0.3) is 0 Å². The number of rotatable bonds is 8. The fraction of sp³-hybridized carbons (Fsp3) is 0.556. The number of esters is 3. The van der Waals surface area contributed by atoms with Gasteiger partial charge in [0.05, 0.1) is 24.5 Å². The minimum Gasteiger partial charge on any atom is -0.493 e. The van der Waals surface area contributed by atoms with Gasteiger partial charge in [0.2, 0.25) is 6.10 Å². The van der Waals surface area contributed by atoms with Crippen LogP contribution in [0, 0.1) is 0 Å². The molecule has 0 saturated carbocycles. The number of aliphatic hydroxyl groups is 1. The highest BCUT2D eigenvalue weighted by molar-refractivity contribution is 5.86. The standard InChI is InChI=1S/C27H31NO11/c1-13(36-25(33)18(12-20(30)31)37-14(2)29)24(32)38-17-7-8-27(34)19-11-15-5-6-16(35-4)22-21(15)26(27,23(17)39-22)9-10-28(19)3/h5-7,13,18-19,23,34H,8-12H2,1-4H3,(H,30,31)/t13-,18-,19-,23+,26+,27-/m0/s1. The van der Waals surface area contributed by atoms with E-state index in [1.807, 2.05) is 19.2 Å². The molecule has 2 heterocycles. The van der Waals surface area contributed by atoms with E-state index in [0.29, 0.717) is 30.9 Å². The van der Waals surface area contributed by atoms with Crippen LogP contribution in [0.4, 0.5) is 0 Å². The van der Waals surface area contributed by atoms with Gasteiger partial charge in [0, 0.05) is 24.9 Å². The molecule has 6 atom stereocenters. The molecule has 39 heavy (non-hydrogen) atoms. The molecule has 210 valence electrons. The van der Waals surface area contributed by atoms with Crippen molar-refractivity contribution in [1.29, 1.82) is 0 Å². The maximum absolute atomic E-state index is 13.0. The third kappa shape index (κ3) is 4.04. The molecule has 0 amide bonds. The summed E-state index contributed by atoms with van der Waals surface area (Å²) >= 11 is 0. The van der Waals surface area contributed by atoms with Gasteiger partial charge in [-0.15, -0.1) is 0 Å². The number of nitrogens with zero attached hydrogens (tertiary/aromatic N) is 1. The van der Waals surface area contributed by atoms with Crippen LogP contribution in [0.25, 0.3) is 0 Å². The molecular weight excluding hydrogens is 514 g/mol. The highest BCUT2D eigenvalue weighted by Crippen LogP contribution is 2.65. The van der Waals surface area contributed by atoms with E-state index >= 15 is 0 Å². The summed E-state index contributed by atoms with van der Waals surface area (Å²) in [5.74, 6) is -3.16. The molecule has 1 aromatic rings. The minimum atomic E-state index is -1.71. The maximum Gasteiger partial charge on any atom is 0.352 e. The van der Waals surface area contributed by atoms with E-state index < -0.39 is 59.6 Å². The Morgan fingerprint density at radius 3 is 2.62 bits per heavy atom. The predicted octanol–water partition coefficient (Wildman–Crippen LogP) is 0.854. The van der Waals surface area contributed by atoms with Gasteiger partial charge >= 0.3 is 23.9 Å². The van der Waals surface area contributed by atoms with Crippen LogP contribution in [0.3, 0.4) is 0 Å². The number of likely N-dealkylation sites (N-methyl/N-ethyl adjacent to an activating group) is 1. The molecule has 0 radical (unpaired) electrons. The minimum absolute atomic E-state index is 0.176. The largest absolute Gasteiger partial charge is 0.493 e. The summed E-state index contributed by atoms with van der Waals surface area (Å²) < 4.78 is 27.5. The topological polar surface area (TPSA) is 158 Å². The molecule has 1 aromatic carbocycles. The molecule has 2 bridgehead atoms. The summed E-state index contributed by atoms with van der Waals surface area (Å²) in [7, 11) is 3.52. The lowest BCUT2D eigenvalue weighted by molar-refractivity contribution is -0.181. The summed E-state index contributed by atoms with van der Waals surface area (Å²) in [5.41, 5.74) is -0.150. The van der Waals surface area contributed by atoms with Gasteiger partial charge < -0.3 is 38.8 Å². The number of methoxy groups -OCH3 is 1. The van der Waals surface area contributed by atoms with Gasteiger partial charge in [-0.2, -0.15) is 0 Å². The van der Waals surface area contributed by atoms with E-state index in [9.17, 15) is 24.3 Å².